The van der Waals surface area contributed by atoms with Gasteiger partial charge in [-0.25, -0.2) is 9.59 Å². The zero-order chi connectivity index (χ0) is 23.3. The average Bonchev–Trinajstić information content (AvgIpc) is 3.15. The van der Waals surface area contributed by atoms with Crippen LogP contribution >= 0.6 is 11.3 Å². The molecule has 7 nitrogen and oxygen atoms in total. The summed E-state index contributed by atoms with van der Waals surface area (Å²) >= 11 is 1.61. The van der Waals surface area contributed by atoms with Gasteiger partial charge in [-0.15, -0.1) is 11.3 Å². The number of carbonyl (C=O) groups excluding carboxylic acids is 3. The predicted octanol–water partition coefficient (Wildman–Crippen LogP) is 4.14. The van der Waals surface area contributed by atoms with Crippen molar-refractivity contribution in [1.82, 2.24) is 10.2 Å². The Bertz CT molecular complexity index is 965. The number of amides is 2. The zero-order valence-corrected chi connectivity index (χ0v) is 20.0. The number of fused-ring (bicyclic) bond motifs is 1. The number of nitrogens with zero attached hydrogens (tertiary/aromatic N) is 1. The molecule has 1 N–H and O–H groups in total. The summed E-state index contributed by atoms with van der Waals surface area (Å²) in [7, 11) is 0. The molecule has 32 heavy (non-hydrogen) atoms. The van der Waals surface area contributed by atoms with Gasteiger partial charge in [-0.2, -0.15) is 0 Å². The molecule has 1 aromatic carbocycles. The standard InChI is InChI=1S/C24H32N2O5S/c1-5-30-22(28)19(13-17-15-32-20-11-7-6-10-18(17)20)25-21(27)16-9-8-12-26(14-16)23(29)31-24(2,3)4/h6-7,10-11,15-16,19H,5,8-9,12-14H2,1-4H3,(H,25,27)/t16-,19+/m1/s1. The van der Waals surface area contributed by atoms with Crippen LogP contribution in [0.1, 0.15) is 46.1 Å². The maximum Gasteiger partial charge on any atom is 0.410 e. The topological polar surface area (TPSA) is 84.9 Å². The first-order chi connectivity index (χ1) is 15.2. The SMILES string of the molecule is CCOC(=O)[C@H](Cc1csc2ccccc12)NC(=O)[C@@H]1CCCN(C(=O)OC(C)(C)C)C1. The normalized spacial score (nSPS) is 17.6. The summed E-state index contributed by atoms with van der Waals surface area (Å²) in [6.07, 6.45) is 1.30. The number of benzene rings is 1. The number of piperidine rings is 1. The van der Waals surface area contributed by atoms with Gasteiger partial charge < -0.3 is 19.7 Å². The van der Waals surface area contributed by atoms with Gasteiger partial charge in [0.1, 0.15) is 11.6 Å². The van der Waals surface area contributed by atoms with Crippen molar-refractivity contribution in [3.63, 3.8) is 0 Å². The molecule has 1 fully saturated rings. The number of thiophene rings is 1. The smallest absolute Gasteiger partial charge is 0.410 e. The Labute approximate surface area is 193 Å². The minimum Gasteiger partial charge on any atom is -0.464 e. The molecule has 0 spiro atoms. The summed E-state index contributed by atoms with van der Waals surface area (Å²) in [5.41, 5.74) is 0.410. The van der Waals surface area contributed by atoms with Crippen LogP contribution in [-0.4, -0.2) is 54.2 Å². The number of esters is 1. The molecule has 2 aromatic rings. The number of carbonyl (C=O) groups is 3. The van der Waals surface area contributed by atoms with E-state index in [1.165, 1.54) is 0 Å². The van der Waals surface area contributed by atoms with E-state index in [2.05, 4.69) is 5.32 Å². The van der Waals surface area contributed by atoms with Crippen molar-refractivity contribution in [2.75, 3.05) is 19.7 Å². The van der Waals surface area contributed by atoms with Gasteiger partial charge in [0.15, 0.2) is 0 Å². The maximum absolute atomic E-state index is 13.1. The fourth-order valence-corrected chi connectivity index (χ4v) is 4.80. The van der Waals surface area contributed by atoms with Crippen molar-refractivity contribution in [1.29, 1.82) is 0 Å². The van der Waals surface area contributed by atoms with Crippen molar-refractivity contribution in [3.8, 4) is 0 Å². The molecule has 3 rings (SSSR count). The van der Waals surface area contributed by atoms with E-state index in [0.29, 0.717) is 25.8 Å². The van der Waals surface area contributed by atoms with E-state index in [4.69, 9.17) is 9.47 Å². The minimum atomic E-state index is -0.780. The van der Waals surface area contributed by atoms with Gasteiger partial charge in [-0.05, 0) is 62.9 Å². The molecule has 2 heterocycles. The van der Waals surface area contributed by atoms with E-state index >= 15 is 0 Å². The molecule has 1 aliphatic rings. The van der Waals surface area contributed by atoms with Crippen molar-refractivity contribution in [2.24, 2.45) is 5.92 Å². The highest BCUT2D eigenvalue weighted by Gasteiger charge is 2.33. The largest absolute Gasteiger partial charge is 0.464 e. The number of nitrogens with one attached hydrogen (secondary N) is 1. The van der Waals surface area contributed by atoms with Crippen LogP contribution in [0.25, 0.3) is 10.1 Å². The predicted molar refractivity (Wildman–Crippen MR) is 125 cm³/mol. The highest BCUT2D eigenvalue weighted by atomic mass is 32.1. The molecule has 1 saturated heterocycles. The number of hydrogen-bond donors (Lipinski definition) is 1. The van der Waals surface area contributed by atoms with E-state index in [1.54, 1.807) is 23.2 Å². The van der Waals surface area contributed by atoms with Crippen LogP contribution in [0.4, 0.5) is 4.79 Å². The first-order valence-electron chi connectivity index (χ1n) is 11.1. The lowest BCUT2D eigenvalue weighted by atomic mass is 9.96. The molecular formula is C24H32N2O5S. The van der Waals surface area contributed by atoms with E-state index in [1.807, 2.05) is 50.4 Å². The minimum absolute atomic E-state index is 0.240. The van der Waals surface area contributed by atoms with Crippen LogP contribution in [0.5, 0.6) is 0 Å². The van der Waals surface area contributed by atoms with Gasteiger partial charge in [-0.3, -0.25) is 4.79 Å². The quantitative estimate of drug-likeness (QED) is 0.655. The van der Waals surface area contributed by atoms with Crippen LogP contribution in [0.15, 0.2) is 29.6 Å². The van der Waals surface area contributed by atoms with Crippen molar-refractivity contribution < 1.29 is 23.9 Å². The highest BCUT2D eigenvalue weighted by molar-refractivity contribution is 7.17. The lowest BCUT2D eigenvalue weighted by Gasteiger charge is -2.34. The first-order valence-corrected chi connectivity index (χ1v) is 12.0. The molecular weight excluding hydrogens is 428 g/mol. The second-order valence-electron chi connectivity index (χ2n) is 9.04. The van der Waals surface area contributed by atoms with Gasteiger partial charge >= 0.3 is 12.1 Å². The Morgan fingerprint density at radius 3 is 2.72 bits per heavy atom. The number of rotatable bonds is 6. The summed E-state index contributed by atoms with van der Waals surface area (Å²) < 4.78 is 11.8. The third-order valence-corrected chi connectivity index (χ3v) is 6.33. The van der Waals surface area contributed by atoms with Crippen LogP contribution in [0.3, 0.4) is 0 Å². The van der Waals surface area contributed by atoms with Crippen molar-refractivity contribution >= 4 is 39.4 Å². The lowest BCUT2D eigenvalue weighted by molar-refractivity contribution is -0.148. The molecule has 1 aliphatic heterocycles. The van der Waals surface area contributed by atoms with E-state index in [0.717, 1.165) is 15.6 Å². The molecule has 174 valence electrons. The fraction of sp³-hybridized carbons (Fsp3) is 0.542. The second kappa shape index (κ2) is 10.3. The van der Waals surface area contributed by atoms with Crippen molar-refractivity contribution in [2.45, 2.75) is 58.6 Å². The van der Waals surface area contributed by atoms with Crippen LogP contribution < -0.4 is 5.32 Å². The Balaban J connectivity index is 1.69. The molecule has 2 amide bonds. The van der Waals surface area contributed by atoms with Crippen molar-refractivity contribution in [3.05, 3.63) is 35.2 Å². The Morgan fingerprint density at radius 2 is 2.00 bits per heavy atom. The molecule has 0 unspecified atom stereocenters. The molecule has 2 atom stereocenters. The lowest BCUT2D eigenvalue weighted by Crippen LogP contribution is -2.51. The van der Waals surface area contributed by atoms with Gasteiger partial charge in [0, 0.05) is 24.2 Å². The van der Waals surface area contributed by atoms with Crippen LogP contribution in [-0.2, 0) is 25.5 Å². The summed E-state index contributed by atoms with van der Waals surface area (Å²) in [6.45, 7) is 8.27. The van der Waals surface area contributed by atoms with Crippen LogP contribution in [0.2, 0.25) is 0 Å². The van der Waals surface area contributed by atoms with E-state index in [-0.39, 0.29) is 19.1 Å². The van der Waals surface area contributed by atoms with Gasteiger partial charge in [-0.1, -0.05) is 18.2 Å². The summed E-state index contributed by atoms with van der Waals surface area (Å²) in [4.78, 5) is 39.7. The highest BCUT2D eigenvalue weighted by Crippen LogP contribution is 2.27. The third kappa shape index (κ3) is 6.22. The third-order valence-electron chi connectivity index (χ3n) is 5.32. The van der Waals surface area contributed by atoms with E-state index < -0.39 is 29.6 Å². The monoisotopic (exact) mass is 460 g/mol. The van der Waals surface area contributed by atoms with E-state index in [9.17, 15) is 14.4 Å². The Morgan fingerprint density at radius 1 is 1.25 bits per heavy atom. The Hall–Kier alpha value is -2.61. The maximum atomic E-state index is 13.1. The molecule has 0 bridgehead atoms. The molecule has 0 radical (unpaired) electrons. The number of hydrogen-bond acceptors (Lipinski definition) is 6. The molecule has 0 aliphatic carbocycles. The molecule has 8 heteroatoms. The molecule has 1 aromatic heterocycles. The fourth-order valence-electron chi connectivity index (χ4n) is 3.82. The first kappa shape index (κ1) is 24.0. The summed E-state index contributed by atoms with van der Waals surface area (Å²) in [5.74, 6) is -1.08. The molecule has 0 saturated carbocycles. The Kier molecular flexibility index (Phi) is 7.77. The van der Waals surface area contributed by atoms with Crippen LogP contribution in [0, 0.1) is 5.92 Å². The second-order valence-corrected chi connectivity index (χ2v) is 9.95. The average molecular weight is 461 g/mol. The number of likely N-dealkylation sites (tertiary alicyclic amines) is 1. The van der Waals surface area contributed by atoms with Gasteiger partial charge in [0.05, 0.1) is 12.5 Å². The zero-order valence-electron chi connectivity index (χ0n) is 19.2. The summed E-state index contributed by atoms with van der Waals surface area (Å²) in [5, 5.41) is 5.99. The van der Waals surface area contributed by atoms with Gasteiger partial charge in [0.2, 0.25) is 5.91 Å². The number of ether oxygens (including phenoxy) is 2. The summed E-state index contributed by atoms with van der Waals surface area (Å²) in [6, 6.07) is 7.22. The van der Waals surface area contributed by atoms with Gasteiger partial charge in [0.25, 0.3) is 0 Å².